The molecule has 0 spiro atoms. The smallest absolute Gasteiger partial charge is 0.203 e. The monoisotopic (exact) mass is 207 g/mol. The zero-order valence-corrected chi connectivity index (χ0v) is 9.90. The first-order valence-electron chi connectivity index (χ1n) is 6.01. The highest BCUT2D eigenvalue weighted by Crippen LogP contribution is 2.36. The summed E-state index contributed by atoms with van der Waals surface area (Å²) >= 11 is 0. The molecule has 3 nitrogen and oxygen atoms in total. The van der Waals surface area contributed by atoms with Gasteiger partial charge in [0.2, 0.25) is 5.95 Å². The molecule has 1 aliphatic rings. The van der Waals surface area contributed by atoms with Crippen LogP contribution in [0.3, 0.4) is 0 Å². The number of hydrogen-bond acceptors (Lipinski definition) is 2. The highest BCUT2D eigenvalue weighted by molar-refractivity contribution is 5.29. The van der Waals surface area contributed by atoms with Crippen LogP contribution in [0.2, 0.25) is 0 Å². The van der Waals surface area contributed by atoms with Crippen molar-refractivity contribution in [2.75, 3.05) is 5.32 Å². The minimum Gasteiger partial charge on any atom is -0.353 e. The molecule has 1 aromatic rings. The second-order valence-electron chi connectivity index (χ2n) is 4.71. The van der Waals surface area contributed by atoms with E-state index in [9.17, 15) is 0 Å². The fourth-order valence-corrected chi connectivity index (χ4v) is 1.77. The molecule has 1 aliphatic carbocycles. The van der Waals surface area contributed by atoms with Crippen molar-refractivity contribution in [2.45, 2.75) is 52.1 Å². The van der Waals surface area contributed by atoms with E-state index in [-0.39, 0.29) is 0 Å². The minimum atomic E-state index is 0.495. The van der Waals surface area contributed by atoms with Crippen molar-refractivity contribution < 1.29 is 0 Å². The maximum absolute atomic E-state index is 4.39. The summed E-state index contributed by atoms with van der Waals surface area (Å²) in [5, 5.41) is 3.51. The van der Waals surface area contributed by atoms with Crippen molar-refractivity contribution >= 4 is 5.95 Å². The summed E-state index contributed by atoms with van der Waals surface area (Å²) in [7, 11) is 0. The van der Waals surface area contributed by atoms with Crippen LogP contribution < -0.4 is 5.32 Å². The first-order chi connectivity index (χ1) is 7.22. The number of anilines is 1. The van der Waals surface area contributed by atoms with Gasteiger partial charge in [-0.05, 0) is 25.7 Å². The lowest BCUT2D eigenvalue weighted by Gasteiger charge is -2.21. The van der Waals surface area contributed by atoms with Crippen molar-refractivity contribution in [3.63, 3.8) is 0 Å². The van der Waals surface area contributed by atoms with E-state index in [0.717, 1.165) is 5.95 Å². The van der Waals surface area contributed by atoms with E-state index in [4.69, 9.17) is 0 Å². The van der Waals surface area contributed by atoms with Crippen molar-refractivity contribution in [1.82, 2.24) is 9.55 Å². The summed E-state index contributed by atoms with van der Waals surface area (Å²) < 4.78 is 2.28. The van der Waals surface area contributed by atoms with Crippen molar-refractivity contribution in [2.24, 2.45) is 5.92 Å². The summed E-state index contributed by atoms with van der Waals surface area (Å²) in [5.41, 5.74) is 0. The lowest BCUT2D eigenvalue weighted by atomic mass is 10.0. The fourth-order valence-electron chi connectivity index (χ4n) is 1.77. The molecule has 1 saturated carbocycles. The first-order valence-corrected chi connectivity index (χ1v) is 6.01. The molecule has 15 heavy (non-hydrogen) atoms. The molecular weight excluding hydrogens is 186 g/mol. The molecule has 1 heterocycles. The fraction of sp³-hybridized carbons (Fsp3) is 0.750. The molecule has 0 aromatic carbocycles. The van der Waals surface area contributed by atoms with Crippen molar-refractivity contribution in [1.29, 1.82) is 0 Å². The number of aromatic nitrogens is 2. The van der Waals surface area contributed by atoms with Crippen LogP contribution in [0.15, 0.2) is 12.4 Å². The summed E-state index contributed by atoms with van der Waals surface area (Å²) in [6.07, 6.45) is 7.80. The Morgan fingerprint density at radius 2 is 2.27 bits per heavy atom. The Morgan fingerprint density at radius 3 is 2.87 bits per heavy atom. The maximum Gasteiger partial charge on any atom is 0.203 e. The highest BCUT2D eigenvalue weighted by atomic mass is 15.2. The van der Waals surface area contributed by atoms with Crippen molar-refractivity contribution in [3.8, 4) is 0 Å². The van der Waals surface area contributed by atoms with Gasteiger partial charge in [0.25, 0.3) is 0 Å². The quantitative estimate of drug-likeness (QED) is 0.804. The van der Waals surface area contributed by atoms with E-state index in [0.29, 0.717) is 18.0 Å². The van der Waals surface area contributed by atoms with Gasteiger partial charge in [-0.1, -0.05) is 20.3 Å². The predicted octanol–water partition coefficient (Wildman–Crippen LogP) is 3.06. The molecular formula is C12H21N3. The van der Waals surface area contributed by atoms with Crippen LogP contribution in [0.1, 0.15) is 46.1 Å². The van der Waals surface area contributed by atoms with E-state index in [1.165, 1.54) is 19.3 Å². The lowest BCUT2D eigenvalue weighted by molar-refractivity contribution is 0.489. The van der Waals surface area contributed by atoms with Gasteiger partial charge in [-0.25, -0.2) is 4.98 Å². The van der Waals surface area contributed by atoms with Crippen LogP contribution in [0.4, 0.5) is 5.95 Å². The maximum atomic E-state index is 4.39. The van der Waals surface area contributed by atoms with Gasteiger partial charge in [-0.15, -0.1) is 0 Å². The van der Waals surface area contributed by atoms with Gasteiger partial charge in [-0.2, -0.15) is 0 Å². The van der Waals surface area contributed by atoms with Crippen molar-refractivity contribution in [3.05, 3.63) is 12.4 Å². The lowest BCUT2D eigenvalue weighted by Crippen LogP contribution is -2.25. The number of imidazole rings is 1. The second-order valence-corrected chi connectivity index (χ2v) is 4.71. The number of nitrogens with one attached hydrogen (secondary N) is 1. The van der Waals surface area contributed by atoms with Gasteiger partial charge in [0.15, 0.2) is 0 Å². The zero-order chi connectivity index (χ0) is 10.8. The van der Waals surface area contributed by atoms with Crippen LogP contribution >= 0.6 is 0 Å². The molecule has 1 fully saturated rings. The van der Waals surface area contributed by atoms with Crippen LogP contribution in [-0.2, 0) is 0 Å². The van der Waals surface area contributed by atoms with Crippen LogP contribution in [0.5, 0.6) is 0 Å². The van der Waals surface area contributed by atoms with Crippen LogP contribution in [0.25, 0.3) is 0 Å². The third-order valence-corrected chi connectivity index (χ3v) is 3.46. The standard InChI is InChI=1S/C12H21N3/c1-4-9(2)10(3)14-12-13-7-8-15(12)11-5-6-11/h7-11H,4-6H2,1-3H3,(H,13,14). The average Bonchev–Trinajstić information content (AvgIpc) is 2.99. The SMILES string of the molecule is CCC(C)C(C)Nc1nccn1C1CC1. The molecule has 84 valence electrons. The summed E-state index contributed by atoms with van der Waals surface area (Å²) in [6.45, 7) is 6.75. The molecule has 3 heteroatoms. The van der Waals surface area contributed by atoms with E-state index in [1.54, 1.807) is 0 Å². The summed E-state index contributed by atoms with van der Waals surface area (Å²) in [4.78, 5) is 4.39. The first kappa shape index (κ1) is 10.5. The molecule has 2 rings (SSSR count). The van der Waals surface area contributed by atoms with E-state index >= 15 is 0 Å². The molecule has 0 saturated heterocycles. The summed E-state index contributed by atoms with van der Waals surface area (Å²) in [6, 6.07) is 1.20. The van der Waals surface area contributed by atoms with Gasteiger partial charge in [-0.3, -0.25) is 0 Å². The third kappa shape index (κ3) is 2.33. The van der Waals surface area contributed by atoms with Gasteiger partial charge in [0, 0.05) is 24.5 Å². The predicted molar refractivity (Wildman–Crippen MR) is 63.0 cm³/mol. The number of rotatable bonds is 5. The zero-order valence-electron chi connectivity index (χ0n) is 9.90. The molecule has 0 radical (unpaired) electrons. The molecule has 0 amide bonds. The van der Waals surface area contributed by atoms with Gasteiger partial charge < -0.3 is 9.88 Å². The van der Waals surface area contributed by atoms with Crippen LogP contribution in [-0.4, -0.2) is 15.6 Å². The van der Waals surface area contributed by atoms with Gasteiger partial charge in [0.1, 0.15) is 0 Å². The Balaban J connectivity index is 2.00. The Morgan fingerprint density at radius 1 is 1.53 bits per heavy atom. The van der Waals surface area contributed by atoms with E-state index in [1.807, 2.05) is 6.20 Å². The van der Waals surface area contributed by atoms with E-state index in [2.05, 4.69) is 41.8 Å². The normalized spacial score (nSPS) is 19.9. The minimum absolute atomic E-state index is 0.495. The molecule has 1 N–H and O–H groups in total. The molecule has 2 atom stereocenters. The topological polar surface area (TPSA) is 29.9 Å². The Labute approximate surface area is 91.9 Å². The van der Waals surface area contributed by atoms with Gasteiger partial charge >= 0.3 is 0 Å². The molecule has 0 bridgehead atoms. The van der Waals surface area contributed by atoms with Crippen LogP contribution in [0, 0.1) is 5.92 Å². The average molecular weight is 207 g/mol. The molecule has 1 aromatic heterocycles. The Hall–Kier alpha value is -0.990. The Bertz CT molecular complexity index is 314. The third-order valence-electron chi connectivity index (χ3n) is 3.46. The highest BCUT2D eigenvalue weighted by Gasteiger charge is 2.26. The molecule has 2 unspecified atom stereocenters. The Kier molecular flexibility index (Phi) is 2.98. The molecule has 0 aliphatic heterocycles. The second kappa shape index (κ2) is 4.25. The largest absolute Gasteiger partial charge is 0.353 e. The van der Waals surface area contributed by atoms with Gasteiger partial charge in [0.05, 0.1) is 0 Å². The number of nitrogens with zero attached hydrogens (tertiary/aromatic N) is 2. The van der Waals surface area contributed by atoms with E-state index < -0.39 is 0 Å². The number of hydrogen-bond donors (Lipinski definition) is 1. The summed E-state index contributed by atoms with van der Waals surface area (Å²) in [5.74, 6) is 1.74.